The number of carbonyl (C=O) groups is 1. The van der Waals surface area contributed by atoms with Crippen LogP contribution in [0.25, 0.3) is 0 Å². The SMILES string of the molecule is CC1(CNC(=O)[C@@H](N)Cc2ccc(O)c(O)c2)COC1. The van der Waals surface area contributed by atoms with Crippen molar-refractivity contribution in [1.82, 2.24) is 5.32 Å². The Balaban J connectivity index is 1.85. The molecular formula is C14H20N2O4. The zero-order valence-electron chi connectivity index (χ0n) is 11.4. The zero-order valence-corrected chi connectivity index (χ0v) is 11.4. The molecule has 5 N–H and O–H groups in total. The fourth-order valence-electron chi connectivity index (χ4n) is 2.03. The summed E-state index contributed by atoms with van der Waals surface area (Å²) in [5, 5.41) is 21.4. The van der Waals surface area contributed by atoms with E-state index >= 15 is 0 Å². The highest BCUT2D eigenvalue weighted by molar-refractivity contribution is 5.81. The van der Waals surface area contributed by atoms with Gasteiger partial charge < -0.3 is 26.0 Å². The number of ether oxygens (including phenoxy) is 1. The van der Waals surface area contributed by atoms with E-state index in [1.54, 1.807) is 6.07 Å². The first-order valence-electron chi connectivity index (χ1n) is 6.51. The molecule has 6 nitrogen and oxygen atoms in total. The Hall–Kier alpha value is -1.79. The maximum atomic E-state index is 11.9. The topological polar surface area (TPSA) is 105 Å². The third-order valence-corrected chi connectivity index (χ3v) is 3.42. The van der Waals surface area contributed by atoms with E-state index in [0.29, 0.717) is 31.7 Å². The fourth-order valence-corrected chi connectivity index (χ4v) is 2.03. The van der Waals surface area contributed by atoms with Crippen molar-refractivity contribution in [2.24, 2.45) is 11.1 Å². The quantitative estimate of drug-likeness (QED) is 0.573. The van der Waals surface area contributed by atoms with Crippen molar-refractivity contribution in [3.05, 3.63) is 23.8 Å². The summed E-state index contributed by atoms with van der Waals surface area (Å²) < 4.78 is 5.12. The molecule has 1 aromatic carbocycles. The van der Waals surface area contributed by atoms with Gasteiger partial charge in [0.2, 0.25) is 5.91 Å². The molecule has 0 saturated carbocycles. The van der Waals surface area contributed by atoms with Crippen LogP contribution >= 0.6 is 0 Å². The number of phenolic OH excluding ortho intramolecular Hbond substituents is 2. The standard InChI is InChI=1S/C14H20N2O4/c1-14(7-20-8-14)6-16-13(19)10(15)4-9-2-3-11(17)12(18)5-9/h2-3,5,10,17-18H,4,6-8,15H2,1H3,(H,16,19)/t10-/m0/s1. The minimum atomic E-state index is -0.691. The first kappa shape index (κ1) is 14.6. The number of hydrogen-bond donors (Lipinski definition) is 4. The molecule has 1 aromatic rings. The Labute approximate surface area is 117 Å². The molecular weight excluding hydrogens is 260 g/mol. The van der Waals surface area contributed by atoms with Crippen molar-refractivity contribution >= 4 is 5.91 Å². The predicted molar refractivity (Wildman–Crippen MR) is 73.4 cm³/mol. The Morgan fingerprint density at radius 3 is 2.70 bits per heavy atom. The van der Waals surface area contributed by atoms with Gasteiger partial charge in [0, 0.05) is 12.0 Å². The average Bonchev–Trinajstić information content (AvgIpc) is 2.38. The highest BCUT2D eigenvalue weighted by Crippen LogP contribution is 2.26. The van der Waals surface area contributed by atoms with Gasteiger partial charge in [-0.3, -0.25) is 4.79 Å². The predicted octanol–water partition coefficient (Wildman–Crippen LogP) is 0.120. The molecule has 2 rings (SSSR count). The first-order valence-corrected chi connectivity index (χ1v) is 6.51. The van der Waals surface area contributed by atoms with Crippen molar-refractivity contribution in [3.8, 4) is 11.5 Å². The van der Waals surface area contributed by atoms with Crippen LogP contribution in [0.15, 0.2) is 18.2 Å². The molecule has 0 unspecified atom stereocenters. The van der Waals surface area contributed by atoms with E-state index in [9.17, 15) is 15.0 Å². The molecule has 1 aliphatic rings. The molecule has 1 atom stereocenters. The first-order chi connectivity index (χ1) is 9.39. The summed E-state index contributed by atoms with van der Waals surface area (Å²) in [6, 6.07) is 3.72. The molecule has 110 valence electrons. The summed E-state index contributed by atoms with van der Waals surface area (Å²) in [7, 11) is 0. The summed E-state index contributed by atoms with van der Waals surface area (Å²) in [6.07, 6.45) is 0.298. The van der Waals surface area contributed by atoms with Gasteiger partial charge in [-0.2, -0.15) is 0 Å². The van der Waals surface area contributed by atoms with Crippen molar-refractivity contribution in [2.45, 2.75) is 19.4 Å². The van der Waals surface area contributed by atoms with Crippen LogP contribution in [0.5, 0.6) is 11.5 Å². The molecule has 0 bridgehead atoms. The van der Waals surface area contributed by atoms with Gasteiger partial charge in [-0.25, -0.2) is 0 Å². The van der Waals surface area contributed by atoms with Crippen LogP contribution in [0.2, 0.25) is 0 Å². The minimum absolute atomic E-state index is 0.00614. The second-order valence-electron chi connectivity index (χ2n) is 5.65. The second-order valence-corrected chi connectivity index (χ2v) is 5.65. The molecule has 20 heavy (non-hydrogen) atoms. The highest BCUT2D eigenvalue weighted by Gasteiger charge is 2.33. The summed E-state index contributed by atoms with van der Waals surface area (Å²) in [5.41, 5.74) is 6.54. The molecule has 6 heteroatoms. The Kier molecular flexibility index (Phi) is 4.15. The molecule has 0 aromatic heterocycles. The lowest BCUT2D eigenvalue weighted by atomic mass is 9.88. The number of benzene rings is 1. The van der Waals surface area contributed by atoms with Crippen molar-refractivity contribution in [3.63, 3.8) is 0 Å². The molecule has 1 aliphatic heterocycles. The van der Waals surface area contributed by atoms with Gasteiger partial charge in [0.05, 0.1) is 19.3 Å². The number of amides is 1. The third-order valence-electron chi connectivity index (χ3n) is 3.42. The Bertz CT molecular complexity index is 500. The van der Waals surface area contributed by atoms with Crippen molar-refractivity contribution in [2.75, 3.05) is 19.8 Å². The number of aromatic hydroxyl groups is 2. The van der Waals surface area contributed by atoms with Crippen LogP contribution in [0.4, 0.5) is 0 Å². The number of nitrogens with two attached hydrogens (primary N) is 1. The second kappa shape index (κ2) is 5.68. The summed E-state index contributed by atoms with van der Waals surface area (Å²) in [4.78, 5) is 11.9. The molecule has 0 radical (unpaired) electrons. The van der Waals surface area contributed by atoms with Crippen LogP contribution < -0.4 is 11.1 Å². The third kappa shape index (κ3) is 3.40. The van der Waals surface area contributed by atoms with E-state index in [0.717, 1.165) is 0 Å². The zero-order chi connectivity index (χ0) is 14.8. The minimum Gasteiger partial charge on any atom is -0.504 e. The summed E-state index contributed by atoms with van der Waals surface area (Å²) >= 11 is 0. The molecule has 0 spiro atoms. The molecule has 0 aliphatic carbocycles. The smallest absolute Gasteiger partial charge is 0.237 e. The lowest BCUT2D eigenvalue weighted by molar-refractivity contribution is -0.127. The van der Waals surface area contributed by atoms with Gasteiger partial charge in [0.25, 0.3) is 0 Å². The lowest BCUT2D eigenvalue weighted by Crippen LogP contribution is -2.51. The molecule has 1 heterocycles. The van der Waals surface area contributed by atoms with Gasteiger partial charge in [0.15, 0.2) is 11.5 Å². The molecule has 1 fully saturated rings. The number of phenols is 2. The van der Waals surface area contributed by atoms with Crippen molar-refractivity contribution in [1.29, 1.82) is 0 Å². The normalized spacial score (nSPS) is 18.1. The van der Waals surface area contributed by atoms with Crippen LogP contribution in [0.1, 0.15) is 12.5 Å². The van der Waals surface area contributed by atoms with E-state index in [-0.39, 0.29) is 22.8 Å². The van der Waals surface area contributed by atoms with Crippen LogP contribution in [0.3, 0.4) is 0 Å². The van der Waals surface area contributed by atoms with Gasteiger partial charge in [-0.15, -0.1) is 0 Å². The highest BCUT2D eigenvalue weighted by atomic mass is 16.5. The lowest BCUT2D eigenvalue weighted by Gasteiger charge is -2.38. The fraction of sp³-hybridized carbons (Fsp3) is 0.500. The number of nitrogens with one attached hydrogen (secondary N) is 1. The number of hydrogen-bond acceptors (Lipinski definition) is 5. The van der Waals surface area contributed by atoms with Crippen LogP contribution in [-0.2, 0) is 16.0 Å². The maximum Gasteiger partial charge on any atom is 0.237 e. The van der Waals surface area contributed by atoms with E-state index in [2.05, 4.69) is 5.32 Å². The average molecular weight is 280 g/mol. The largest absolute Gasteiger partial charge is 0.504 e. The van der Waals surface area contributed by atoms with Crippen LogP contribution in [-0.4, -0.2) is 41.9 Å². The monoisotopic (exact) mass is 280 g/mol. The van der Waals surface area contributed by atoms with Gasteiger partial charge in [-0.05, 0) is 24.1 Å². The van der Waals surface area contributed by atoms with Crippen molar-refractivity contribution < 1.29 is 19.7 Å². The van der Waals surface area contributed by atoms with E-state index in [1.807, 2.05) is 6.92 Å². The molecule has 1 saturated heterocycles. The van der Waals surface area contributed by atoms with Crippen LogP contribution in [0, 0.1) is 5.41 Å². The maximum absolute atomic E-state index is 11.9. The van der Waals surface area contributed by atoms with E-state index in [1.165, 1.54) is 12.1 Å². The van der Waals surface area contributed by atoms with Gasteiger partial charge in [-0.1, -0.05) is 13.0 Å². The molecule has 1 amide bonds. The van der Waals surface area contributed by atoms with E-state index in [4.69, 9.17) is 10.5 Å². The Morgan fingerprint density at radius 1 is 1.45 bits per heavy atom. The number of rotatable bonds is 5. The Morgan fingerprint density at radius 2 is 2.15 bits per heavy atom. The number of carbonyl (C=O) groups excluding carboxylic acids is 1. The summed E-state index contributed by atoms with van der Waals surface area (Å²) in [6.45, 7) is 3.88. The summed E-state index contributed by atoms with van der Waals surface area (Å²) in [5.74, 6) is -0.635. The van der Waals surface area contributed by atoms with Gasteiger partial charge >= 0.3 is 0 Å². The van der Waals surface area contributed by atoms with E-state index < -0.39 is 6.04 Å². The van der Waals surface area contributed by atoms with Gasteiger partial charge in [0.1, 0.15) is 0 Å².